The van der Waals surface area contributed by atoms with Crippen molar-refractivity contribution in [3.8, 4) is 0 Å². The maximum atomic E-state index is 14.1. The van der Waals surface area contributed by atoms with Crippen LogP contribution in [0.5, 0.6) is 0 Å². The molecule has 0 saturated heterocycles. The van der Waals surface area contributed by atoms with E-state index in [2.05, 4.69) is 24.5 Å². The smallest absolute Gasteiger partial charge is 0.341 e. The molecule has 5 nitrogen and oxygen atoms in total. The number of rotatable bonds is 16. The van der Waals surface area contributed by atoms with Crippen LogP contribution >= 0.6 is 0 Å². The third-order valence-electron chi connectivity index (χ3n) is 5.47. The summed E-state index contributed by atoms with van der Waals surface area (Å²) in [6.07, 6.45) is 6.77. The zero-order valence-electron chi connectivity index (χ0n) is 19.5. The molecule has 0 spiro atoms. The van der Waals surface area contributed by atoms with Gasteiger partial charge in [0.15, 0.2) is 6.17 Å². The van der Waals surface area contributed by atoms with Gasteiger partial charge in [0.2, 0.25) is 0 Å². The van der Waals surface area contributed by atoms with Crippen molar-refractivity contribution in [3.05, 3.63) is 35.9 Å². The van der Waals surface area contributed by atoms with Gasteiger partial charge in [0, 0.05) is 15.4 Å². The molecule has 0 fully saturated rings. The summed E-state index contributed by atoms with van der Waals surface area (Å²) >= 11 is 0. The highest BCUT2D eigenvalue weighted by molar-refractivity contribution is 5.74. The van der Waals surface area contributed by atoms with Crippen molar-refractivity contribution in [1.29, 1.82) is 0 Å². The highest BCUT2D eigenvalue weighted by atomic mass is 19.1. The van der Waals surface area contributed by atoms with Gasteiger partial charge in [-0.25, -0.2) is 14.0 Å². The van der Waals surface area contributed by atoms with Crippen LogP contribution in [0.4, 0.5) is 9.18 Å². The first-order valence-corrected chi connectivity index (χ1v) is 11.9. The number of ether oxygens (including phenoxy) is 1. The lowest BCUT2D eigenvalue weighted by molar-refractivity contribution is -0.155. The molecule has 6 heteroatoms. The molecule has 0 aliphatic heterocycles. The number of carbonyl (C=O) groups is 2. The predicted octanol–water partition coefficient (Wildman–Crippen LogP) is 6.73. The van der Waals surface area contributed by atoms with Gasteiger partial charge in [-0.2, -0.15) is 0 Å². The zero-order chi connectivity index (χ0) is 22.9. The van der Waals surface area contributed by atoms with E-state index in [0.717, 1.165) is 44.1 Å². The molecule has 0 aromatic heterocycles. The van der Waals surface area contributed by atoms with E-state index in [-0.39, 0.29) is 21.3 Å². The summed E-state index contributed by atoms with van der Waals surface area (Å²) in [5, 5.41) is 5.93. The molecule has 1 aromatic carbocycles. The van der Waals surface area contributed by atoms with Crippen LogP contribution in [-0.4, -0.2) is 30.8 Å². The monoisotopic (exact) mass is 440 g/mol. The lowest BCUT2D eigenvalue weighted by Gasteiger charge is -2.17. The third-order valence-corrected chi connectivity index (χ3v) is 5.47. The van der Waals surface area contributed by atoms with Crippen molar-refractivity contribution in [1.82, 2.24) is 10.6 Å². The molecule has 1 unspecified atom stereocenters. The van der Waals surface area contributed by atoms with Crippen molar-refractivity contribution in [2.75, 3.05) is 6.54 Å². The topological polar surface area (TPSA) is 67.4 Å². The molecule has 180 valence electrons. The first-order chi connectivity index (χ1) is 15.0. The first kappa shape index (κ1) is 26.9. The Kier molecular flexibility index (Phi) is 14.4. The average Bonchev–Trinajstić information content (AvgIpc) is 2.78. The minimum atomic E-state index is -1.59. The van der Waals surface area contributed by atoms with Crippen LogP contribution in [0.1, 0.15) is 99.5 Å². The van der Waals surface area contributed by atoms with Gasteiger partial charge in [-0.05, 0) is 44.6 Å². The van der Waals surface area contributed by atoms with E-state index in [1.54, 1.807) is 6.92 Å². The van der Waals surface area contributed by atoms with Gasteiger partial charge in [0.05, 0.1) is 0 Å². The number of carbonyl (C=O) groups excluding carboxylic acids is 2. The van der Waals surface area contributed by atoms with Crippen molar-refractivity contribution < 1.29 is 21.6 Å². The largest absolute Gasteiger partial charge is 0.456 e. The summed E-state index contributed by atoms with van der Waals surface area (Å²) in [4.78, 5) is 23.9. The van der Waals surface area contributed by atoms with Crippen molar-refractivity contribution in [3.63, 3.8) is 0 Å². The standard InChI is InChI=1S/C25H41FN2O3.2H2/c1-4-6-10-17-22(5-2)28-25(30)27-19-14-8-7-13-18-23(26)24(29)31-20(3)21-15-11-9-12-16-21;;/h9,11-12,15-16,20,22-23H,4-8,10,13-14,17-19H2,1-3H3,(H2,27,28,30);2*1H/t20-,22?,23-;;/m0../s1. The van der Waals surface area contributed by atoms with Gasteiger partial charge in [-0.15, -0.1) is 0 Å². The van der Waals surface area contributed by atoms with Gasteiger partial charge in [-0.1, -0.05) is 76.3 Å². The summed E-state index contributed by atoms with van der Waals surface area (Å²) in [6.45, 7) is 6.62. The van der Waals surface area contributed by atoms with Gasteiger partial charge < -0.3 is 15.4 Å². The van der Waals surface area contributed by atoms with Crippen molar-refractivity contribution in [2.45, 2.75) is 103 Å². The Bertz CT molecular complexity index is 623. The molecular formula is C25H45FN2O3. The van der Waals surface area contributed by atoms with Gasteiger partial charge in [0.25, 0.3) is 0 Å². The van der Waals surface area contributed by atoms with Crippen LogP contribution in [0.3, 0.4) is 0 Å². The summed E-state index contributed by atoms with van der Waals surface area (Å²) in [5.41, 5.74) is 0.853. The molecule has 0 heterocycles. The van der Waals surface area contributed by atoms with Crippen LogP contribution in [0, 0.1) is 0 Å². The molecule has 2 N–H and O–H groups in total. The summed E-state index contributed by atoms with van der Waals surface area (Å²) in [5.74, 6) is -0.792. The summed E-state index contributed by atoms with van der Waals surface area (Å²) in [7, 11) is 0. The van der Waals surface area contributed by atoms with Crippen LogP contribution < -0.4 is 10.6 Å². The lowest BCUT2D eigenvalue weighted by atomic mass is 10.1. The number of halogens is 1. The van der Waals surface area contributed by atoms with E-state index in [1.165, 1.54) is 12.8 Å². The van der Waals surface area contributed by atoms with Gasteiger partial charge in [-0.3, -0.25) is 0 Å². The van der Waals surface area contributed by atoms with Crippen LogP contribution in [0.25, 0.3) is 0 Å². The molecular weight excluding hydrogens is 395 g/mol. The fourth-order valence-electron chi connectivity index (χ4n) is 3.42. The molecule has 3 atom stereocenters. The summed E-state index contributed by atoms with van der Waals surface area (Å²) in [6, 6.07) is 9.44. The highest BCUT2D eigenvalue weighted by Crippen LogP contribution is 2.19. The Balaban J connectivity index is 0. The van der Waals surface area contributed by atoms with Crippen LogP contribution in [0.15, 0.2) is 30.3 Å². The van der Waals surface area contributed by atoms with E-state index in [0.29, 0.717) is 13.0 Å². The second-order valence-corrected chi connectivity index (χ2v) is 8.16. The molecule has 0 radical (unpaired) electrons. The zero-order valence-corrected chi connectivity index (χ0v) is 19.5. The number of alkyl halides is 1. The Morgan fingerprint density at radius 3 is 2.35 bits per heavy atom. The number of hydrogen-bond donors (Lipinski definition) is 2. The molecule has 0 bridgehead atoms. The Morgan fingerprint density at radius 1 is 1.00 bits per heavy atom. The number of esters is 1. The van der Waals surface area contributed by atoms with E-state index in [1.807, 2.05) is 30.3 Å². The fraction of sp³-hybridized carbons (Fsp3) is 0.680. The minimum absolute atomic E-state index is 0. The lowest BCUT2D eigenvalue weighted by Crippen LogP contribution is -2.42. The van der Waals surface area contributed by atoms with E-state index in [9.17, 15) is 14.0 Å². The van der Waals surface area contributed by atoms with E-state index >= 15 is 0 Å². The first-order valence-electron chi connectivity index (χ1n) is 11.9. The predicted molar refractivity (Wildman–Crippen MR) is 128 cm³/mol. The van der Waals surface area contributed by atoms with E-state index < -0.39 is 18.2 Å². The molecule has 2 amide bonds. The van der Waals surface area contributed by atoms with Gasteiger partial charge in [0.1, 0.15) is 6.10 Å². The fourth-order valence-corrected chi connectivity index (χ4v) is 3.42. The Labute approximate surface area is 190 Å². The molecule has 1 aromatic rings. The third kappa shape index (κ3) is 12.4. The number of hydrogen-bond acceptors (Lipinski definition) is 3. The molecule has 1 rings (SSSR count). The number of nitrogens with one attached hydrogen (secondary N) is 2. The molecule has 0 aliphatic rings. The molecule has 0 saturated carbocycles. The minimum Gasteiger partial charge on any atom is -0.456 e. The van der Waals surface area contributed by atoms with Crippen molar-refractivity contribution >= 4 is 12.0 Å². The van der Waals surface area contributed by atoms with Crippen LogP contribution in [-0.2, 0) is 9.53 Å². The Hall–Kier alpha value is -2.11. The highest BCUT2D eigenvalue weighted by Gasteiger charge is 2.21. The SMILES string of the molecule is CCCCCC(CC)NC(=O)NCCCCCC[C@H](F)C(=O)O[C@@H](C)c1ccccc1.[HH].[HH]. The number of urea groups is 1. The number of unbranched alkanes of at least 4 members (excludes halogenated alkanes) is 5. The van der Waals surface area contributed by atoms with Crippen LogP contribution in [0.2, 0.25) is 0 Å². The van der Waals surface area contributed by atoms with Crippen molar-refractivity contribution in [2.24, 2.45) is 0 Å². The maximum absolute atomic E-state index is 14.1. The second-order valence-electron chi connectivity index (χ2n) is 8.16. The number of benzene rings is 1. The maximum Gasteiger partial charge on any atom is 0.341 e. The summed E-state index contributed by atoms with van der Waals surface area (Å²) < 4.78 is 19.3. The average molecular weight is 441 g/mol. The second kappa shape index (κ2) is 16.6. The van der Waals surface area contributed by atoms with E-state index in [4.69, 9.17) is 4.74 Å². The van der Waals surface area contributed by atoms with Gasteiger partial charge >= 0.3 is 12.0 Å². The Morgan fingerprint density at radius 2 is 1.68 bits per heavy atom. The molecule has 0 aliphatic carbocycles. The molecule has 31 heavy (non-hydrogen) atoms. The quantitative estimate of drug-likeness (QED) is 0.221. The number of amides is 2. The normalized spacial score (nSPS) is 13.8.